The highest BCUT2D eigenvalue weighted by Crippen LogP contribution is 2.20. The van der Waals surface area contributed by atoms with Crippen LogP contribution in [0.15, 0.2) is 54.8 Å². The monoisotopic (exact) mass is 307 g/mol. The molecule has 0 bridgehead atoms. The lowest BCUT2D eigenvalue weighted by atomic mass is 10.2. The zero-order valence-electron chi connectivity index (χ0n) is 11.5. The summed E-state index contributed by atoms with van der Waals surface area (Å²) in [7, 11) is 1.51. The van der Waals surface area contributed by atoms with E-state index in [2.05, 4.69) is 5.48 Å². The zero-order valence-corrected chi connectivity index (χ0v) is 12.2. The average molecular weight is 308 g/mol. The van der Waals surface area contributed by atoms with Gasteiger partial charge in [0.2, 0.25) is 0 Å². The molecule has 0 atom stereocenters. The Morgan fingerprint density at radius 1 is 1.24 bits per heavy atom. The van der Waals surface area contributed by atoms with Gasteiger partial charge in [0.1, 0.15) is 17.8 Å². The molecule has 0 spiro atoms. The molecule has 0 unspecified atom stereocenters. The first kappa shape index (κ1) is 15.4. The van der Waals surface area contributed by atoms with Gasteiger partial charge in [0.15, 0.2) is 0 Å². The van der Waals surface area contributed by atoms with Crippen molar-refractivity contribution in [2.24, 2.45) is 0 Å². The fourth-order valence-corrected chi connectivity index (χ4v) is 1.82. The van der Waals surface area contributed by atoms with Crippen LogP contribution in [-0.2, 0) is 16.2 Å². The minimum atomic E-state index is -0.499. The van der Waals surface area contributed by atoms with E-state index in [9.17, 15) is 4.39 Å². The Morgan fingerprint density at radius 3 is 2.67 bits per heavy atom. The van der Waals surface area contributed by atoms with Crippen LogP contribution in [0.4, 0.5) is 4.39 Å². The number of methoxy groups -OCH3 is 1. The van der Waals surface area contributed by atoms with Crippen molar-refractivity contribution in [3.8, 4) is 0 Å². The van der Waals surface area contributed by atoms with Gasteiger partial charge >= 0.3 is 0 Å². The molecule has 0 heterocycles. The van der Waals surface area contributed by atoms with E-state index in [1.165, 1.54) is 25.5 Å². The maximum atomic E-state index is 13.5. The highest BCUT2D eigenvalue weighted by Gasteiger charge is 2.06. The Labute approximate surface area is 127 Å². The molecular weight excluding hydrogens is 293 g/mol. The van der Waals surface area contributed by atoms with Crippen LogP contribution >= 0.6 is 11.6 Å². The van der Waals surface area contributed by atoms with Crippen LogP contribution in [0.2, 0.25) is 5.02 Å². The van der Waals surface area contributed by atoms with Gasteiger partial charge in [0, 0.05) is 5.56 Å². The third kappa shape index (κ3) is 4.48. The lowest BCUT2D eigenvalue weighted by Crippen LogP contribution is -2.13. The van der Waals surface area contributed by atoms with E-state index in [1.807, 2.05) is 30.3 Å². The standard InChI is InChI=1S/C16H15ClFNO2/c1-20-11-16(13-7-8-14(17)15(18)9-13)19-21-10-12-5-3-2-4-6-12/h2-9,11,19H,10H2,1H3. The molecule has 3 nitrogen and oxygen atoms in total. The minimum absolute atomic E-state index is 0.0701. The maximum Gasteiger partial charge on any atom is 0.142 e. The summed E-state index contributed by atoms with van der Waals surface area (Å²) in [6, 6.07) is 14.2. The van der Waals surface area contributed by atoms with Gasteiger partial charge in [-0.15, -0.1) is 0 Å². The summed E-state index contributed by atoms with van der Waals surface area (Å²) in [6.07, 6.45) is 1.44. The smallest absolute Gasteiger partial charge is 0.142 e. The number of halogens is 2. The van der Waals surface area contributed by atoms with Crippen molar-refractivity contribution < 1.29 is 14.0 Å². The molecule has 0 radical (unpaired) electrons. The molecule has 0 saturated carbocycles. The second-order valence-electron chi connectivity index (χ2n) is 4.27. The zero-order chi connectivity index (χ0) is 15.1. The van der Waals surface area contributed by atoms with Crippen LogP contribution in [0.25, 0.3) is 5.70 Å². The number of ether oxygens (including phenoxy) is 1. The molecule has 5 heteroatoms. The quantitative estimate of drug-likeness (QED) is 0.642. The summed E-state index contributed by atoms with van der Waals surface area (Å²) in [4.78, 5) is 5.41. The van der Waals surface area contributed by atoms with Crippen molar-refractivity contribution in [2.75, 3.05) is 7.11 Å². The third-order valence-electron chi connectivity index (χ3n) is 2.73. The van der Waals surface area contributed by atoms with Crippen LogP contribution in [0.3, 0.4) is 0 Å². The topological polar surface area (TPSA) is 30.5 Å². The van der Waals surface area contributed by atoms with Crippen molar-refractivity contribution in [2.45, 2.75) is 6.61 Å². The van der Waals surface area contributed by atoms with Crippen molar-refractivity contribution in [3.05, 3.63) is 76.8 Å². The number of benzene rings is 2. The Balaban J connectivity index is 2.02. The van der Waals surface area contributed by atoms with Crippen molar-refractivity contribution in [3.63, 3.8) is 0 Å². The maximum absolute atomic E-state index is 13.5. The lowest BCUT2D eigenvalue weighted by Gasteiger charge is -2.11. The van der Waals surface area contributed by atoms with Gasteiger partial charge in [-0.25, -0.2) is 4.39 Å². The molecule has 0 saturated heterocycles. The van der Waals surface area contributed by atoms with Crippen LogP contribution in [0.5, 0.6) is 0 Å². The minimum Gasteiger partial charge on any atom is -0.502 e. The van der Waals surface area contributed by atoms with Crippen LogP contribution in [0, 0.1) is 5.82 Å². The van der Waals surface area contributed by atoms with Gasteiger partial charge in [-0.3, -0.25) is 10.3 Å². The Morgan fingerprint density at radius 2 is 2.00 bits per heavy atom. The van der Waals surface area contributed by atoms with Gasteiger partial charge in [-0.2, -0.15) is 0 Å². The Bertz CT molecular complexity index is 617. The summed E-state index contributed by atoms with van der Waals surface area (Å²) in [5, 5.41) is 0.0701. The first-order valence-electron chi connectivity index (χ1n) is 6.31. The predicted molar refractivity (Wildman–Crippen MR) is 80.8 cm³/mol. The molecule has 2 rings (SSSR count). The number of nitrogens with one attached hydrogen (secondary N) is 1. The molecule has 21 heavy (non-hydrogen) atoms. The highest BCUT2D eigenvalue weighted by molar-refractivity contribution is 6.30. The average Bonchev–Trinajstić information content (AvgIpc) is 2.50. The lowest BCUT2D eigenvalue weighted by molar-refractivity contribution is 0.0632. The van der Waals surface area contributed by atoms with Gasteiger partial charge in [0.05, 0.1) is 18.7 Å². The predicted octanol–water partition coefficient (Wildman–Crippen LogP) is 4.15. The normalized spacial score (nSPS) is 11.3. The van der Waals surface area contributed by atoms with E-state index in [1.54, 1.807) is 6.07 Å². The Kier molecular flexibility index (Phi) is 5.60. The molecule has 0 aliphatic carbocycles. The summed E-state index contributed by atoms with van der Waals surface area (Å²) in [5.41, 5.74) is 4.86. The van der Waals surface area contributed by atoms with Crippen LogP contribution < -0.4 is 5.48 Å². The van der Waals surface area contributed by atoms with Crippen molar-refractivity contribution in [1.29, 1.82) is 0 Å². The van der Waals surface area contributed by atoms with E-state index < -0.39 is 5.82 Å². The van der Waals surface area contributed by atoms with Gasteiger partial charge in [-0.1, -0.05) is 48.0 Å². The SMILES string of the molecule is COC=C(NOCc1ccccc1)c1ccc(Cl)c(F)c1. The molecule has 0 amide bonds. The molecule has 0 fully saturated rings. The van der Waals surface area contributed by atoms with Gasteiger partial charge in [-0.05, 0) is 17.7 Å². The fourth-order valence-electron chi connectivity index (χ4n) is 1.70. The molecule has 2 aromatic carbocycles. The second-order valence-corrected chi connectivity index (χ2v) is 4.68. The number of hydroxylamine groups is 1. The Hall–Kier alpha value is -2.04. The summed E-state index contributed by atoms with van der Waals surface area (Å²) >= 11 is 5.67. The molecule has 0 aliphatic rings. The van der Waals surface area contributed by atoms with E-state index in [-0.39, 0.29) is 5.02 Å². The molecule has 1 N–H and O–H groups in total. The van der Waals surface area contributed by atoms with E-state index in [0.29, 0.717) is 17.9 Å². The van der Waals surface area contributed by atoms with Gasteiger partial charge < -0.3 is 4.74 Å². The summed E-state index contributed by atoms with van der Waals surface area (Å²) in [5.74, 6) is -0.499. The number of hydrogen-bond donors (Lipinski definition) is 1. The molecule has 0 aromatic heterocycles. The van der Waals surface area contributed by atoms with Crippen LogP contribution in [0.1, 0.15) is 11.1 Å². The molecule has 0 aliphatic heterocycles. The summed E-state index contributed by atoms with van der Waals surface area (Å²) < 4.78 is 18.5. The first-order chi connectivity index (χ1) is 10.2. The van der Waals surface area contributed by atoms with E-state index in [4.69, 9.17) is 21.2 Å². The number of hydrogen-bond acceptors (Lipinski definition) is 3. The van der Waals surface area contributed by atoms with Gasteiger partial charge in [0.25, 0.3) is 0 Å². The van der Waals surface area contributed by atoms with E-state index >= 15 is 0 Å². The van der Waals surface area contributed by atoms with Crippen LogP contribution in [-0.4, -0.2) is 7.11 Å². The molecule has 110 valence electrons. The fraction of sp³-hybridized carbons (Fsp3) is 0.125. The number of rotatable bonds is 6. The molecule has 2 aromatic rings. The molecular formula is C16H15ClFNO2. The largest absolute Gasteiger partial charge is 0.502 e. The third-order valence-corrected chi connectivity index (χ3v) is 3.04. The van der Waals surface area contributed by atoms with Crippen molar-refractivity contribution in [1.82, 2.24) is 5.48 Å². The summed E-state index contributed by atoms with van der Waals surface area (Å²) in [6.45, 7) is 0.373. The highest BCUT2D eigenvalue weighted by atomic mass is 35.5. The second kappa shape index (κ2) is 7.67. The first-order valence-corrected chi connectivity index (χ1v) is 6.68. The van der Waals surface area contributed by atoms with E-state index in [0.717, 1.165) is 5.56 Å². The van der Waals surface area contributed by atoms with Crippen molar-refractivity contribution >= 4 is 17.3 Å².